The molecule has 0 radical (unpaired) electrons. The van der Waals surface area contributed by atoms with E-state index >= 15 is 0 Å². The van der Waals surface area contributed by atoms with Crippen molar-refractivity contribution in [2.75, 3.05) is 19.7 Å². The van der Waals surface area contributed by atoms with Crippen LogP contribution in [-0.2, 0) is 11.2 Å². The summed E-state index contributed by atoms with van der Waals surface area (Å²) in [7, 11) is 0. The van der Waals surface area contributed by atoms with Crippen LogP contribution in [0.4, 0.5) is 8.78 Å². The maximum Gasteiger partial charge on any atom is 0.227 e. The van der Waals surface area contributed by atoms with E-state index in [1.165, 1.54) is 12.3 Å². The topological polar surface area (TPSA) is 72.4 Å². The third-order valence-electron chi connectivity index (χ3n) is 6.03. The highest BCUT2D eigenvalue weighted by Crippen LogP contribution is 2.30. The molecule has 35 heavy (non-hydrogen) atoms. The Labute approximate surface area is 206 Å². The number of hydrogen-bond acceptors (Lipinski definition) is 5. The number of amides is 1. The molecule has 1 aliphatic rings. The molecule has 1 amide bonds. The van der Waals surface area contributed by atoms with Crippen molar-refractivity contribution in [3.8, 4) is 5.75 Å². The third-order valence-corrected chi connectivity index (χ3v) is 6.26. The van der Waals surface area contributed by atoms with Gasteiger partial charge in [0.15, 0.2) is 6.61 Å². The van der Waals surface area contributed by atoms with Crippen LogP contribution in [-0.4, -0.2) is 46.3 Å². The fourth-order valence-corrected chi connectivity index (χ4v) is 4.34. The fraction of sp³-hybridized carbons (Fsp3) is 0.308. The SMILES string of the molecule is Cc1ncc(C(=O)COc2cccc(Cl)c2)c(C2CCN(C(=O)Cc3c(F)cccc3F)CC2)n1. The summed E-state index contributed by atoms with van der Waals surface area (Å²) in [6.45, 7) is 2.36. The van der Waals surface area contributed by atoms with Gasteiger partial charge in [-0.25, -0.2) is 18.7 Å². The number of carbonyl (C=O) groups is 2. The second-order valence-corrected chi connectivity index (χ2v) is 8.85. The van der Waals surface area contributed by atoms with Gasteiger partial charge in [-0.3, -0.25) is 9.59 Å². The summed E-state index contributed by atoms with van der Waals surface area (Å²) in [4.78, 5) is 35.9. The summed E-state index contributed by atoms with van der Waals surface area (Å²) in [6.07, 6.45) is 2.31. The van der Waals surface area contributed by atoms with Crippen LogP contribution in [0.5, 0.6) is 5.75 Å². The van der Waals surface area contributed by atoms with E-state index < -0.39 is 11.6 Å². The molecule has 182 valence electrons. The van der Waals surface area contributed by atoms with Crippen molar-refractivity contribution in [2.45, 2.75) is 32.1 Å². The normalized spacial score (nSPS) is 14.1. The summed E-state index contributed by atoms with van der Waals surface area (Å²) in [5.74, 6) is -1.08. The minimum atomic E-state index is -0.729. The number of benzene rings is 2. The van der Waals surface area contributed by atoms with Gasteiger partial charge in [-0.15, -0.1) is 0 Å². The molecule has 0 atom stereocenters. The van der Waals surface area contributed by atoms with Gasteiger partial charge >= 0.3 is 0 Å². The van der Waals surface area contributed by atoms with E-state index in [1.54, 1.807) is 36.1 Å². The van der Waals surface area contributed by atoms with Crippen LogP contribution >= 0.6 is 11.6 Å². The Kier molecular flexibility index (Phi) is 7.70. The van der Waals surface area contributed by atoms with E-state index in [2.05, 4.69) is 9.97 Å². The Morgan fingerprint density at radius 2 is 1.80 bits per heavy atom. The van der Waals surface area contributed by atoms with Crippen LogP contribution in [0.3, 0.4) is 0 Å². The number of halogens is 3. The van der Waals surface area contributed by atoms with Gasteiger partial charge in [0, 0.05) is 35.8 Å². The van der Waals surface area contributed by atoms with E-state index in [0.29, 0.717) is 53.8 Å². The number of piperidine rings is 1. The Hall–Kier alpha value is -3.39. The second-order valence-electron chi connectivity index (χ2n) is 8.42. The summed E-state index contributed by atoms with van der Waals surface area (Å²) >= 11 is 5.97. The highest BCUT2D eigenvalue weighted by Gasteiger charge is 2.29. The smallest absolute Gasteiger partial charge is 0.227 e. The lowest BCUT2D eigenvalue weighted by Crippen LogP contribution is -2.39. The van der Waals surface area contributed by atoms with Crippen LogP contribution in [0.2, 0.25) is 5.02 Å². The van der Waals surface area contributed by atoms with E-state index in [0.717, 1.165) is 12.1 Å². The van der Waals surface area contributed by atoms with Crippen molar-refractivity contribution in [1.82, 2.24) is 14.9 Å². The van der Waals surface area contributed by atoms with Gasteiger partial charge in [0.1, 0.15) is 23.2 Å². The number of nitrogens with zero attached hydrogens (tertiary/aromatic N) is 3. The molecule has 1 aliphatic heterocycles. The molecule has 0 unspecified atom stereocenters. The molecule has 0 bridgehead atoms. The van der Waals surface area contributed by atoms with Gasteiger partial charge in [-0.2, -0.15) is 0 Å². The lowest BCUT2D eigenvalue weighted by molar-refractivity contribution is -0.131. The zero-order valence-corrected chi connectivity index (χ0v) is 19.9. The molecule has 2 aromatic carbocycles. The lowest BCUT2D eigenvalue weighted by atomic mass is 9.89. The minimum Gasteiger partial charge on any atom is -0.485 e. The number of aromatic nitrogens is 2. The monoisotopic (exact) mass is 499 g/mol. The van der Waals surface area contributed by atoms with E-state index in [-0.39, 0.29) is 36.2 Å². The van der Waals surface area contributed by atoms with Crippen molar-refractivity contribution in [3.63, 3.8) is 0 Å². The number of Topliss-reactive ketones (excluding diaryl/α,β-unsaturated/α-hetero) is 1. The molecule has 0 aliphatic carbocycles. The Bertz CT molecular complexity index is 1230. The van der Waals surface area contributed by atoms with Crippen molar-refractivity contribution in [3.05, 3.63) is 88.0 Å². The first-order valence-corrected chi connectivity index (χ1v) is 11.7. The Balaban J connectivity index is 1.41. The average molecular weight is 500 g/mol. The van der Waals surface area contributed by atoms with E-state index in [9.17, 15) is 18.4 Å². The molecule has 0 N–H and O–H groups in total. The van der Waals surface area contributed by atoms with Crippen molar-refractivity contribution in [2.24, 2.45) is 0 Å². The molecular formula is C26H24ClF2N3O3. The number of hydrogen-bond donors (Lipinski definition) is 0. The van der Waals surface area contributed by atoms with Gasteiger partial charge in [0.05, 0.1) is 17.7 Å². The average Bonchev–Trinajstić information content (AvgIpc) is 2.85. The van der Waals surface area contributed by atoms with Crippen LogP contribution in [0, 0.1) is 18.6 Å². The summed E-state index contributed by atoms with van der Waals surface area (Å²) in [6, 6.07) is 10.3. The highest BCUT2D eigenvalue weighted by atomic mass is 35.5. The number of aryl methyl sites for hydroxylation is 1. The quantitative estimate of drug-likeness (QED) is 0.431. The number of ether oxygens (including phenoxy) is 1. The van der Waals surface area contributed by atoms with Crippen molar-refractivity contribution >= 4 is 23.3 Å². The van der Waals surface area contributed by atoms with Gasteiger partial charge in [0.2, 0.25) is 11.7 Å². The third kappa shape index (κ3) is 6.00. The van der Waals surface area contributed by atoms with Crippen LogP contribution in [0.1, 0.15) is 46.2 Å². The Morgan fingerprint density at radius 3 is 2.49 bits per heavy atom. The molecule has 1 saturated heterocycles. The number of likely N-dealkylation sites (tertiary alicyclic amines) is 1. The molecule has 9 heteroatoms. The maximum atomic E-state index is 13.9. The molecule has 1 aromatic heterocycles. The first-order valence-electron chi connectivity index (χ1n) is 11.3. The zero-order chi connectivity index (χ0) is 24.9. The predicted octanol–water partition coefficient (Wildman–Crippen LogP) is 4.93. The predicted molar refractivity (Wildman–Crippen MR) is 127 cm³/mol. The molecule has 3 aromatic rings. The molecular weight excluding hydrogens is 476 g/mol. The van der Waals surface area contributed by atoms with Gasteiger partial charge < -0.3 is 9.64 Å². The summed E-state index contributed by atoms with van der Waals surface area (Å²) < 4.78 is 33.5. The van der Waals surface area contributed by atoms with E-state index in [1.807, 2.05) is 0 Å². The van der Waals surface area contributed by atoms with Crippen LogP contribution < -0.4 is 4.74 Å². The minimum absolute atomic E-state index is 0.0592. The summed E-state index contributed by atoms with van der Waals surface area (Å²) in [5, 5.41) is 0.508. The fourth-order valence-electron chi connectivity index (χ4n) is 4.16. The second kappa shape index (κ2) is 10.9. The molecule has 4 rings (SSSR count). The highest BCUT2D eigenvalue weighted by molar-refractivity contribution is 6.30. The molecule has 0 spiro atoms. The van der Waals surface area contributed by atoms with Crippen molar-refractivity contribution in [1.29, 1.82) is 0 Å². The standard InChI is InChI=1S/C26H24ClF2N3O3/c1-16-30-14-21(24(33)15-35-19-5-2-4-18(27)12-19)26(31-16)17-8-10-32(11-9-17)25(34)13-20-22(28)6-3-7-23(20)29/h2-7,12,14,17H,8-11,13,15H2,1H3. The number of ketones is 1. The maximum absolute atomic E-state index is 13.9. The van der Waals surface area contributed by atoms with Gasteiger partial charge in [-0.1, -0.05) is 23.7 Å². The first kappa shape index (κ1) is 24.7. The molecule has 6 nitrogen and oxygen atoms in total. The first-order chi connectivity index (χ1) is 16.8. The zero-order valence-electron chi connectivity index (χ0n) is 19.1. The molecule has 0 saturated carbocycles. The van der Waals surface area contributed by atoms with E-state index in [4.69, 9.17) is 16.3 Å². The summed E-state index contributed by atoms with van der Waals surface area (Å²) in [5.41, 5.74) is 0.791. The number of rotatable bonds is 7. The molecule has 2 heterocycles. The lowest BCUT2D eigenvalue weighted by Gasteiger charge is -2.32. The largest absolute Gasteiger partial charge is 0.485 e. The van der Waals surface area contributed by atoms with Crippen LogP contribution in [0.25, 0.3) is 0 Å². The van der Waals surface area contributed by atoms with Crippen LogP contribution in [0.15, 0.2) is 48.7 Å². The number of carbonyl (C=O) groups excluding carboxylic acids is 2. The van der Waals surface area contributed by atoms with Gasteiger partial charge in [0.25, 0.3) is 0 Å². The Morgan fingerprint density at radius 1 is 1.11 bits per heavy atom. The molecule has 1 fully saturated rings. The van der Waals surface area contributed by atoms with Gasteiger partial charge in [-0.05, 0) is 50.1 Å². The van der Waals surface area contributed by atoms with Crippen molar-refractivity contribution < 1.29 is 23.1 Å².